The second-order valence-electron chi connectivity index (χ2n) is 22.3. The molecule has 30 heteroatoms. The Morgan fingerprint density at radius 3 is 1.48 bits per heavy atom. The van der Waals surface area contributed by atoms with E-state index in [1.807, 2.05) is 0 Å². The molecule has 1 fully saturated rings. The fourth-order valence-corrected chi connectivity index (χ4v) is 9.16. The smallest absolute Gasteiger partial charge is 0.245 e. The third-order valence-electron chi connectivity index (χ3n) is 13.9. The summed E-state index contributed by atoms with van der Waals surface area (Å²) in [6.45, 7) is 7.66. The van der Waals surface area contributed by atoms with Gasteiger partial charge in [0.25, 0.3) is 0 Å². The lowest BCUT2D eigenvalue weighted by atomic mass is 10.00. The number of nitrogens with two attached hydrogens (primary N) is 6. The minimum atomic E-state index is -1.70. The number of carbonyl (C=O) groups is 12. The maximum atomic E-state index is 14.6. The van der Waals surface area contributed by atoms with Crippen molar-refractivity contribution in [2.24, 2.45) is 46.2 Å². The number of amides is 12. The van der Waals surface area contributed by atoms with Gasteiger partial charge in [-0.2, -0.15) is 0 Å². The third-order valence-corrected chi connectivity index (χ3v) is 13.9. The number of aliphatic hydroxyl groups excluding tert-OH is 1. The van der Waals surface area contributed by atoms with Crippen LogP contribution in [-0.4, -0.2) is 182 Å². The Labute approximate surface area is 502 Å². The van der Waals surface area contributed by atoms with Gasteiger partial charge >= 0.3 is 0 Å². The number of hydrogen-bond donors (Lipinski definition) is 18. The molecule has 0 spiro atoms. The molecule has 11 atom stereocenters. The number of unbranched alkanes of at least 4 members (excludes halogenated alkanes) is 1. The first kappa shape index (κ1) is 74.7. The van der Waals surface area contributed by atoms with Gasteiger partial charge in [0.05, 0.1) is 6.10 Å². The Kier molecular flexibility index (Phi) is 34.8. The predicted molar refractivity (Wildman–Crippen MR) is 318 cm³/mol. The third kappa shape index (κ3) is 27.8. The highest BCUT2D eigenvalue weighted by atomic mass is 16.3. The van der Waals surface area contributed by atoms with Crippen LogP contribution < -0.4 is 92.9 Å². The average Bonchev–Trinajstić information content (AvgIpc) is 3.48. The quantitative estimate of drug-likeness (QED) is 0.0319. The van der Waals surface area contributed by atoms with E-state index in [0.717, 1.165) is 12.8 Å². The van der Waals surface area contributed by atoms with E-state index in [0.29, 0.717) is 17.9 Å². The fraction of sp³-hybridized carbons (Fsp3) is 0.679. The lowest BCUT2D eigenvalue weighted by Gasteiger charge is -2.28. The summed E-state index contributed by atoms with van der Waals surface area (Å²) in [4.78, 5) is 166. The Morgan fingerprint density at radius 1 is 0.523 bits per heavy atom. The molecule has 0 bridgehead atoms. The molecule has 484 valence electrons. The van der Waals surface area contributed by atoms with E-state index in [2.05, 4.69) is 72.3 Å². The highest BCUT2D eigenvalue weighted by Gasteiger charge is 2.37. The molecule has 1 aliphatic rings. The first-order chi connectivity index (χ1) is 40.8. The highest BCUT2D eigenvalue weighted by molar-refractivity contribution is 5.99. The van der Waals surface area contributed by atoms with Crippen molar-refractivity contribution < 1.29 is 62.6 Å². The maximum Gasteiger partial charge on any atom is 0.245 e. The lowest BCUT2D eigenvalue weighted by Crippen LogP contribution is -2.61. The molecule has 0 radical (unpaired) electrons. The van der Waals surface area contributed by atoms with Crippen molar-refractivity contribution in [2.75, 3.05) is 39.3 Å². The second kappa shape index (κ2) is 40.1. The largest absolute Gasteiger partial charge is 0.391 e. The van der Waals surface area contributed by atoms with Crippen molar-refractivity contribution in [2.45, 2.75) is 191 Å². The van der Waals surface area contributed by atoms with Crippen LogP contribution in [0, 0.1) is 11.8 Å². The number of benzene rings is 1. The average molecular weight is 1220 g/mol. The van der Waals surface area contributed by atoms with E-state index in [1.165, 1.54) is 6.92 Å². The van der Waals surface area contributed by atoms with E-state index in [1.54, 1.807) is 44.2 Å². The van der Waals surface area contributed by atoms with Crippen LogP contribution in [0.25, 0.3) is 0 Å². The number of primary amides is 1. The molecular formula is C56H97N17O13. The molecule has 86 heavy (non-hydrogen) atoms. The Hall–Kier alpha value is -7.38. The zero-order valence-corrected chi connectivity index (χ0v) is 50.3. The molecule has 0 unspecified atom stereocenters. The first-order valence-electron chi connectivity index (χ1n) is 29.6. The van der Waals surface area contributed by atoms with Crippen molar-refractivity contribution in [1.82, 2.24) is 58.5 Å². The van der Waals surface area contributed by atoms with Gasteiger partial charge in [0.15, 0.2) is 0 Å². The van der Waals surface area contributed by atoms with Crippen LogP contribution in [0.4, 0.5) is 0 Å². The summed E-state index contributed by atoms with van der Waals surface area (Å²) in [7, 11) is 0. The van der Waals surface area contributed by atoms with Gasteiger partial charge in [0.1, 0.15) is 60.4 Å². The highest BCUT2D eigenvalue weighted by Crippen LogP contribution is 2.13. The van der Waals surface area contributed by atoms with Crippen LogP contribution in [-0.2, 0) is 64.0 Å². The van der Waals surface area contributed by atoms with E-state index in [-0.39, 0.29) is 96.4 Å². The van der Waals surface area contributed by atoms with E-state index >= 15 is 0 Å². The molecule has 0 saturated carbocycles. The van der Waals surface area contributed by atoms with Crippen molar-refractivity contribution in [1.29, 1.82) is 0 Å². The monoisotopic (exact) mass is 1220 g/mol. The Balaban J connectivity index is 2.72. The molecule has 2 rings (SSSR count). The van der Waals surface area contributed by atoms with E-state index in [4.69, 9.17) is 34.4 Å². The SMILES string of the molecule is CC(C)CCCCC(=O)N[C@@H](CCN)C(=O)N[C@@H](CCC(N)=O)C(=O)N[C@@H](CCN)C(=O)N[C@H]1CCNC(=O)[C@H]([C@@H](C)O)NC(=O)[C@H](CCN)NC(=O)[C@H](CCN)NC(=O)[C@H](CC(C)C)NC(=O)[C@@H](Cc2ccccc2)NC(=O)[C@H](CCN)NC1=O. The molecule has 0 aromatic heterocycles. The summed E-state index contributed by atoms with van der Waals surface area (Å²) in [6.07, 6.45) is -1.39. The summed E-state index contributed by atoms with van der Waals surface area (Å²) >= 11 is 0. The summed E-state index contributed by atoms with van der Waals surface area (Å²) in [5.41, 5.74) is 35.4. The van der Waals surface area contributed by atoms with Crippen LogP contribution in [0.1, 0.15) is 124 Å². The van der Waals surface area contributed by atoms with Gasteiger partial charge in [-0.1, -0.05) is 70.9 Å². The molecule has 0 aliphatic carbocycles. The van der Waals surface area contributed by atoms with Crippen molar-refractivity contribution in [3.8, 4) is 0 Å². The molecule has 1 aromatic carbocycles. The van der Waals surface area contributed by atoms with Crippen molar-refractivity contribution in [3.63, 3.8) is 0 Å². The van der Waals surface area contributed by atoms with Crippen LogP contribution in [0.3, 0.4) is 0 Å². The minimum Gasteiger partial charge on any atom is -0.391 e. The summed E-state index contributed by atoms with van der Waals surface area (Å²) < 4.78 is 0. The number of nitrogens with one attached hydrogen (secondary N) is 11. The zero-order chi connectivity index (χ0) is 64.5. The topological polar surface area (TPSA) is 514 Å². The van der Waals surface area contributed by atoms with Crippen molar-refractivity contribution >= 4 is 70.9 Å². The standard InChI is InChI=1S/C56H97N17O13/c1-31(2)11-9-10-14-45(76)64-36(17-23-57)48(78)65-35(15-16-44(62)75)47(77)66-37(18-24-58)50(80)70-41-22-28-63-56(86)46(33(5)74)73-53(83)40(21-27-61)68-49(79)38(19-25-59)69-54(84)42(29-32(3)4)71-55(85)43(30-34-12-7-6-8-13-34)72-51(81)39(20-26-60)67-52(41)82/h6-8,12-13,31-33,35-43,46,74H,9-11,14-30,57-61H2,1-5H3,(H2,62,75)(H,63,86)(H,64,76)(H,65,78)(H,66,77)(H,67,82)(H,68,79)(H,69,84)(H,70,80)(H,71,85)(H,72,81)(H,73,83)/t33-,35+,36+,37+,38+,39+,40+,41+,42+,43-,46+/m1/s1. The maximum absolute atomic E-state index is 14.6. The first-order valence-corrected chi connectivity index (χ1v) is 29.6. The van der Waals surface area contributed by atoms with Crippen LogP contribution in [0.5, 0.6) is 0 Å². The molecule has 12 amide bonds. The molecular weight excluding hydrogens is 1120 g/mol. The Bertz CT molecular complexity index is 2380. The van der Waals surface area contributed by atoms with Crippen LogP contribution in [0.2, 0.25) is 0 Å². The molecule has 24 N–H and O–H groups in total. The number of aliphatic hydroxyl groups is 1. The summed E-state index contributed by atoms with van der Waals surface area (Å²) in [5.74, 6) is -10.3. The Morgan fingerprint density at radius 2 is 0.988 bits per heavy atom. The van der Waals surface area contributed by atoms with Gasteiger partial charge in [-0.25, -0.2) is 0 Å². The minimum absolute atomic E-state index is 0.0221. The van der Waals surface area contributed by atoms with E-state index < -0.39 is 157 Å². The number of carbonyl (C=O) groups excluding carboxylic acids is 12. The second-order valence-corrected chi connectivity index (χ2v) is 22.3. The van der Waals surface area contributed by atoms with Crippen LogP contribution in [0.15, 0.2) is 30.3 Å². The molecule has 1 saturated heterocycles. The molecule has 1 aliphatic heterocycles. The summed E-state index contributed by atoms with van der Waals surface area (Å²) in [5, 5.41) is 39.0. The van der Waals surface area contributed by atoms with Gasteiger partial charge in [0, 0.05) is 25.8 Å². The summed E-state index contributed by atoms with van der Waals surface area (Å²) in [6, 6.07) is -6.13. The van der Waals surface area contributed by atoms with Crippen LogP contribution >= 0.6 is 0 Å². The number of rotatable bonds is 30. The molecule has 1 aromatic rings. The molecule has 30 nitrogen and oxygen atoms in total. The van der Waals surface area contributed by atoms with Gasteiger partial charge < -0.3 is 98.0 Å². The van der Waals surface area contributed by atoms with Gasteiger partial charge in [-0.15, -0.1) is 0 Å². The normalized spacial score (nSPS) is 22.0. The lowest BCUT2D eigenvalue weighted by molar-refractivity contribution is -0.136. The van der Waals surface area contributed by atoms with Crippen molar-refractivity contribution in [3.05, 3.63) is 35.9 Å². The van der Waals surface area contributed by atoms with Gasteiger partial charge in [-0.05, 0) is 115 Å². The predicted octanol–water partition coefficient (Wildman–Crippen LogP) is -5.75. The number of hydrogen-bond acceptors (Lipinski definition) is 18. The van der Waals surface area contributed by atoms with Gasteiger partial charge in [0.2, 0.25) is 70.9 Å². The molecule has 1 heterocycles. The zero-order valence-electron chi connectivity index (χ0n) is 50.3. The van der Waals surface area contributed by atoms with Gasteiger partial charge in [-0.3, -0.25) is 57.5 Å². The fourth-order valence-electron chi connectivity index (χ4n) is 9.16. The van der Waals surface area contributed by atoms with E-state index in [9.17, 15) is 62.6 Å².